The van der Waals surface area contributed by atoms with Crippen LogP contribution in [0.1, 0.15) is 5.56 Å². The minimum Gasteiger partial charge on any atom is -0.481 e. The van der Waals surface area contributed by atoms with Crippen LogP contribution in [0.5, 0.6) is 0 Å². The molecule has 0 bridgehead atoms. The summed E-state index contributed by atoms with van der Waals surface area (Å²) in [6.07, 6.45) is 0. The second kappa shape index (κ2) is 3.01. The van der Waals surface area contributed by atoms with Gasteiger partial charge in [-0.1, -0.05) is 12.1 Å². The molecule has 1 aromatic carbocycles. The van der Waals surface area contributed by atoms with Gasteiger partial charge in [-0.05, 0) is 18.2 Å². The van der Waals surface area contributed by atoms with Gasteiger partial charge in [-0.25, -0.2) is 0 Å². The van der Waals surface area contributed by atoms with Gasteiger partial charge in [0.15, 0.2) is 0 Å². The Morgan fingerprint density at radius 1 is 1.50 bits per heavy atom. The highest BCUT2D eigenvalue weighted by atomic mass is 16.5. The van der Waals surface area contributed by atoms with Gasteiger partial charge in [-0.15, -0.1) is 0 Å². The van der Waals surface area contributed by atoms with Crippen LogP contribution in [0.15, 0.2) is 24.3 Å². The monoisotopic (exact) mass is 134 g/mol. The number of hydrogen-bond acceptors (Lipinski definition) is 2. The molecule has 2 nitrogen and oxygen atoms in total. The van der Waals surface area contributed by atoms with E-state index in [0.717, 1.165) is 5.56 Å². The smallest absolute Gasteiger partial charge is 0.212 e. The van der Waals surface area contributed by atoms with Gasteiger partial charge in [0, 0.05) is 5.56 Å². The van der Waals surface area contributed by atoms with E-state index in [1.54, 1.807) is 24.3 Å². The Balaban J connectivity index is 2.85. The molecule has 1 aromatic rings. The number of benzene rings is 1. The maximum absolute atomic E-state index is 7.24. The van der Waals surface area contributed by atoms with E-state index in [0.29, 0.717) is 0 Å². The van der Waals surface area contributed by atoms with E-state index in [-0.39, 0.29) is 5.90 Å². The lowest BCUT2D eigenvalue weighted by Gasteiger charge is -1.99. The SMILES string of the molecule is COC(=N)c1cc[c]cc1. The van der Waals surface area contributed by atoms with E-state index < -0.39 is 0 Å². The number of ether oxygens (including phenoxy) is 1. The van der Waals surface area contributed by atoms with Crippen molar-refractivity contribution in [1.82, 2.24) is 0 Å². The summed E-state index contributed by atoms with van der Waals surface area (Å²) >= 11 is 0. The number of methoxy groups -OCH3 is 1. The van der Waals surface area contributed by atoms with Crippen LogP contribution in [0, 0.1) is 11.5 Å². The first-order valence-corrected chi connectivity index (χ1v) is 2.93. The molecule has 0 aliphatic carbocycles. The molecule has 10 heavy (non-hydrogen) atoms. The van der Waals surface area contributed by atoms with Crippen molar-refractivity contribution >= 4 is 5.90 Å². The summed E-state index contributed by atoms with van der Waals surface area (Å²) in [6.45, 7) is 0. The quantitative estimate of drug-likeness (QED) is 0.457. The second-order valence-corrected chi connectivity index (χ2v) is 1.82. The molecule has 0 aliphatic rings. The van der Waals surface area contributed by atoms with Gasteiger partial charge >= 0.3 is 0 Å². The van der Waals surface area contributed by atoms with E-state index in [9.17, 15) is 0 Å². The van der Waals surface area contributed by atoms with Gasteiger partial charge in [0.05, 0.1) is 7.11 Å². The summed E-state index contributed by atoms with van der Waals surface area (Å²) in [5.74, 6) is 0.189. The summed E-state index contributed by atoms with van der Waals surface area (Å²) in [7, 11) is 1.49. The summed E-state index contributed by atoms with van der Waals surface area (Å²) in [5.41, 5.74) is 0.779. The minimum atomic E-state index is 0.189. The molecular formula is C8H8NO. The predicted octanol–water partition coefficient (Wildman–Crippen LogP) is 1.46. The molecule has 0 fully saturated rings. The fourth-order valence-corrected chi connectivity index (χ4v) is 0.656. The van der Waals surface area contributed by atoms with Crippen LogP contribution in [0.4, 0.5) is 0 Å². The predicted molar refractivity (Wildman–Crippen MR) is 39.1 cm³/mol. The first-order chi connectivity index (χ1) is 4.84. The largest absolute Gasteiger partial charge is 0.481 e. The lowest BCUT2D eigenvalue weighted by atomic mass is 10.2. The fourth-order valence-electron chi connectivity index (χ4n) is 0.656. The van der Waals surface area contributed by atoms with E-state index in [1.165, 1.54) is 7.11 Å². The summed E-state index contributed by atoms with van der Waals surface area (Å²) in [4.78, 5) is 0. The highest BCUT2D eigenvalue weighted by molar-refractivity contribution is 5.91. The molecule has 1 rings (SSSR count). The van der Waals surface area contributed by atoms with Gasteiger partial charge in [0.2, 0.25) is 5.90 Å². The molecule has 0 heterocycles. The van der Waals surface area contributed by atoms with Crippen molar-refractivity contribution in [3.63, 3.8) is 0 Å². The molecule has 1 N–H and O–H groups in total. The van der Waals surface area contributed by atoms with Crippen molar-refractivity contribution in [2.75, 3.05) is 7.11 Å². The number of rotatable bonds is 1. The van der Waals surface area contributed by atoms with Crippen LogP contribution in [0.3, 0.4) is 0 Å². The standard InChI is InChI=1S/C8H8NO/c1-10-8(9)7-5-3-2-4-6-7/h3-6,9H,1H3. The molecule has 0 aliphatic heterocycles. The average Bonchev–Trinajstić information content (AvgIpc) is 2.05. The Morgan fingerprint density at radius 3 is 2.60 bits per heavy atom. The highest BCUT2D eigenvalue weighted by Crippen LogP contribution is 1.98. The van der Waals surface area contributed by atoms with Crippen LogP contribution in [-0.4, -0.2) is 13.0 Å². The molecule has 0 spiro atoms. The van der Waals surface area contributed by atoms with Crippen molar-refractivity contribution in [3.8, 4) is 0 Å². The normalized spacial score (nSPS) is 8.90. The van der Waals surface area contributed by atoms with Crippen molar-refractivity contribution < 1.29 is 4.74 Å². The minimum absolute atomic E-state index is 0.189. The van der Waals surface area contributed by atoms with Gasteiger partial charge in [0.25, 0.3) is 0 Å². The van der Waals surface area contributed by atoms with Crippen molar-refractivity contribution in [2.24, 2.45) is 0 Å². The molecule has 1 radical (unpaired) electrons. The molecular weight excluding hydrogens is 126 g/mol. The zero-order chi connectivity index (χ0) is 7.40. The number of hydrogen-bond donors (Lipinski definition) is 1. The summed E-state index contributed by atoms with van der Waals surface area (Å²) in [5, 5.41) is 7.24. The molecule has 0 unspecified atom stereocenters. The van der Waals surface area contributed by atoms with Gasteiger partial charge in [-0.2, -0.15) is 0 Å². The second-order valence-electron chi connectivity index (χ2n) is 1.82. The lowest BCUT2D eigenvalue weighted by Crippen LogP contribution is -1.99. The van der Waals surface area contributed by atoms with Crippen LogP contribution in [0.25, 0.3) is 0 Å². The Hall–Kier alpha value is -1.31. The van der Waals surface area contributed by atoms with Crippen LogP contribution >= 0.6 is 0 Å². The van der Waals surface area contributed by atoms with E-state index in [2.05, 4.69) is 6.07 Å². The van der Waals surface area contributed by atoms with Crippen molar-refractivity contribution in [3.05, 3.63) is 35.9 Å². The Morgan fingerprint density at radius 2 is 2.10 bits per heavy atom. The molecule has 0 aromatic heterocycles. The average molecular weight is 134 g/mol. The van der Waals surface area contributed by atoms with Crippen molar-refractivity contribution in [2.45, 2.75) is 0 Å². The fraction of sp³-hybridized carbons (Fsp3) is 0.125. The Bertz CT molecular complexity index is 218. The van der Waals surface area contributed by atoms with E-state index in [4.69, 9.17) is 10.1 Å². The highest BCUT2D eigenvalue weighted by Gasteiger charge is 1.95. The third kappa shape index (κ3) is 1.35. The molecule has 2 heteroatoms. The topological polar surface area (TPSA) is 33.1 Å². The first-order valence-electron chi connectivity index (χ1n) is 2.93. The lowest BCUT2D eigenvalue weighted by molar-refractivity contribution is 0.401. The molecule has 0 atom stereocenters. The third-order valence-corrected chi connectivity index (χ3v) is 1.18. The summed E-state index contributed by atoms with van der Waals surface area (Å²) < 4.78 is 4.71. The maximum atomic E-state index is 7.24. The van der Waals surface area contributed by atoms with Crippen LogP contribution in [-0.2, 0) is 4.74 Å². The van der Waals surface area contributed by atoms with Crippen LogP contribution in [0.2, 0.25) is 0 Å². The van der Waals surface area contributed by atoms with Gasteiger partial charge in [-0.3, -0.25) is 5.41 Å². The zero-order valence-corrected chi connectivity index (χ0v) is 5.72. The van der Waals surface area contributed by atoms with E-state index in [1.807, 2.05) is 0 Å². The zero-order valence-electron chi connectivity index (χ0n) is 5.72. The van der Waals surface area contributed by atoms with Gasteiger partial charge in [0.1, 0.15) is 0 Å². The number of nitrogens with one attached hydrogen (secondary N) is 1. The van der Waals surface area contributed by atoms with Crippen LogP contribution < -0.4 is 0 Å². The van der Waals surface area contributed by atoms with Gasteiger partial charge < -0.3 is 4.74 Å². The Labute approximate surface area is 60.0 Å². The molecule has 0 saturated heterocycles. The Kier molecular flexibility index (Phi) is 2.05. The molecule has 0 amide bonds. The maximum Gasteiger partial charge on any atom is 0.212 e. The third-order valence-electron chi connectivity index (χ3n) is 1.18. The first kappa shape index (κ1) is 6.81. The summed E-state index contributed by atoms with van der Waals surface area (Å²) in [6, 6.07) is 9.93. The molecule has 51 valence electrons. The molecule has 0 saturated carbocycles. The van der Waals surface area contributed by atoms with Crippen molar-refractivity contribution in [1.29, 1.82) is 5.41 Å². The van der Waals surface area contributed by atoms with E-state index >= 15 is 0 Å².